The van der Waals surface area contributed by atoms with E-state index in [2.05, 4.69) is 4.98 Å². The molecule has 0 aliphatic rings. The van der Waals surface area contributed by atoms with Crippen LogP contribution in [0.15, 0.2) is 12.1 Å². The van der Waals surface area contributed by atoms with Gasteiger partial charge in [0.1, 0.15) is 9.88 Å². The van der Waals surface area contributed by atoms with Crippen molar-refractivity contribution in [1.82, 2.24) is 4.98 Å². The molecule has 0 bridgehead atoms. The fraction of sp³-hybridized carbons (Fsp3) is 0.111. The topological polar surface area (TPSA) is 50.2 Å². The third-order valence-corrected chi connectivity index (χ3v) is 4.32. The largest absolute Gasteiger partial charge is 0.477 e. The van der Waals surface area contributed by atoms with E-state index in [1.165, 1.54) is 12.1 Å². The lowest BCUT2D eigenvalue weighted by molar-refractivity contribution is -0.141. The van der Waals surface area contributed by atoms with Crippen molar-refractivity contribution < 1.29 is 23.1 Å². The van der Waals surface area contributed by atoms with Gasteiger partial charge in [0.05, 0.1) is 9.21 Å². The molecular weight excluding hydrogens is 311 g/mol. The molecule has 96 valence electrons. The first-order valence-electron chi connectivity index (χ1n) is 4.36. The summed E-state index contributed by atoms with van der Waals surface area (Å²) >= 11 is 7.19. The second-order valence-corrected chi connectivity index (χ2v) is 5.82. The Labute approximate surface area is 111 Å². The van der Waals surface area contributed by atoms with Crippen LogP contribution >= 0.6 is 34.3 Å². The number of hydrogen-bond donors (Lipinski definition) is 1. The van der Waals surface area contributed by atoms with Crippen LogP contribution < -0.4 is 0 Å². The van der Waals surface area contributed by atoms with Gasteiger partial charge >= 0.3 is 12.1 Å². The first-order chi connectivity index (χ1) is 8.29. The Balaban J connectivity index is 2.56. The minimum atomic E-state index is -4.79. The van der Waals surface area contributed by atoms with Crippen molar-refractivity contribution in [3.63, 3.8) is 0 Å². The van der Waals surface area contributed by atoms with Gasteiger partial charge in [-0.1, -0.05) is 11.6 Å². The highest BCUT2D eigenvalue weighted by Crippen LogP contribution is 2.40. The van der Waals surface area contributed by atoms with Crippen LogP contribution in [0.2, 0.25) is 4.34 Å². The lowest BCUT2D eigenvalue weighted by Crippen LogP contribution is -2.11. The number of carboxylic acid groups (broad SMARTS) is 1. The van der Waals surface area contributed by atoms with Crippen molar-refractivity contribution in [3.05, 3.63) is 27.0 Å². The number of hydrogen-bond acceptors (Lipinski definition) is 4. The third-order valence-electron chi connectivity index (χ3n) is 1.87. The van der Waals surface area contributed by atoms with Gasteiger partial charge in [-0.25, -0.2) is 9.78 Å². The molecule has 3 nitrogen and oxygen atoms in total. The van der Waals surface area contributed by atoms with Gasteiger partial charge in [-0.3, -0.25) is 0 Å². The molecule has 2 aromatic rings. The zero-order chi connectivity index (χ0) is 13.5. The molecule has 0 saturated heterocycles. The Morgan fingerprint density at radius 3 is 2.39 bits per heavy atom. The number of thiophene rings is 1. The van der Waals surface area contributed by atoms with E-state index in [1.807, 2.05) is 0 Å². The van der Waals surface area contributed by atoms with Gasteiger partial charge in [-0.05, 0) is 12.1 Å². The smallest absolute Gasteiger partial charge is 0.435 e. The molecule has 0 atom stereocenters. The van der Waals surface area contributed by atoms with Crippen LogP contribution in [0.1, 0.15) is 15.4 Å². The van der Waals surface area contributed by atoms with E-state index in [-0.39, 0.29) is 5.01 Å². The number of nitrogens with zero attached hydrogens (tertiary/aromatic N) is 1. The number of carboxylic acids is 1. The molecular formula is C9H3ClF3NO2S2. The zero-order valence-electron chi connectivity index (χ0n) is 8.29. The summed E-state index contributed by atoms with van der Waals surface area (Å²) < 4.78 is 38.2. The van der Waals surface area contributed by atoms with Gasteiger partial charge in [0.25, 0.3) is 0 Å². The van der Waals surface area contributed by atoms with E-state index in [0.717, 1.165) is 11.3 Å². The summed E-state index contributed by atoms with van der Waals surface area (Å²) in [5.74, 6) is -1.64. The van der Waals surface area contributed by atoms with Crippen LogP contribution in [-0.4, -0.2) is 16.1 Å². The predicted octanol–water partition coefficient (Wildman–Crippen LogP) is 4.24. The molecule has 0 radical (unpaired) electrons. The highest BCUT2D eigenvalue weighted by Gasteiger charge is 2.39. The number of alkyl halides is 3. The summed E-state index contributed by atoms with van der Waals surface area (Å²) in [5, 5.41) is 8.74. The normalized spacial score (nSPS) is 11.8. The Morgan fingerprint density at radius 2 is 2.00 bits per heavy atom. The molecule has 0 aromatic carbocycles. The van der Waals surface area contributed by atoms with Crippen molar-refractivity contribution in [1.29, 1.82) is 0 Å². The molecule has 9 heteroatoms. The number of halogens is 4. The van der Waals surface area contributed by atoms with Crippen LogP contribution in [-0.2, 0) is 6.18 Å². The van der Waals surface area contributed by atoms with Gasteiger partial charge in [-0.2, -0.15) is 13.2 Å². The van der Waals surface area contributed by atoms with Crippen molar-refractivity contribution in [2.75, 3.05) is 0 Å². The molecule has 0 aliphatic carbocycles. The second-order valence-electron chi connectivity index (χ2n) is 3.10. The van der Waals surface area contributed by atoms with Crippen LogP contribution in [0, 0.1) is 0 Å². The zero-order valence-corrected chi connectivity index (χ0v) is 10.7. The SMILES string of the molecule is O=C(O)c1sc(-c2ccc(Cl)s2)nc1C(F)(F)F. The van der Waals surface area contributed by atoms with Gasteiger partial charge in [0.15, 0.2) is 5.69 Å². The first-order valence-corrected chi connectivity index (χ1v) is 6.37. The summed E-state index contributed by atoms with van der Waals surface area (Å²) in [6.07, 6.45) is -4.79. The van der Waals surface area contributed by atoms with Crippen molar-refractivity contribution >= 4 is 40.2 Å². The van der Waals surface area contributed by atoms with E-state index in [0.29, 0.717) is 20.6 Å². The maximum absolute atomic E-state index is 12.6. The maximum atomic E-state index is 12.6. The van der Waals surface area contributed by atoms with Gasteiger partial charge in [0, 0.05) is 0 Å². The van der Waals surface area contributed by atoms with E-state index in [1.54, 1.807) is 0 Å². The molecule has 0 aliphatic heterocycles. The van der Waals surface area contributed by atoms with Crippen molar-refractivity contribution in [3.8, 4) is 9.88 Å². The molecule has 0 unspecified atom stereocenters. The minimum absolute atomic E-state index is 0.00312. The Bertz CT molecular complexity index is 605. The van der Waals surface area contributed by atoms with Crippen LogP contribution in [0.5, 0.6) is 0 Å². The van der Waals surface area contributed by atoms with Crippen LogP contribution in [0.25, 0.3) is 9.88 Å². The fourth-order valence-corrected chi connectivity index (χ4v) is 3.21. The summed E-state index contributed by atoms with van der Waals surface area (Å²) in [5.41, 5.74) is -1.38. The number of thiazole rings is 1. The van der Waals surface area contributed by atoms with E-state index in [9.17, 15) is 18.0 Å². The molecule has 1 N–H and O–H groups in total. The molecule has 0 fully saturated rings. The number of aromatic carboxylic acids is 1. The average molecular weight is 314 g/mol. The Kier molecular flexibility index (Phi) is 3.35. The highest BCUT2D eigenvalue weighted by atomic mass is 35.5. The van der Waals surface area contributed by atoms with Crippen molar-refractivity contribution in [2.45, 2.75) is 6.18 Å². The standard InChI is InChI=1S/C9H3ClF3NO2S2/c10-4-2-1-3(17-4)7-14-6(9(11,12)13)5(18-7)8(15)16/h1-2H,(H,15,16). The Hall–Kier alpha value is -1.12. The quantitative estimate of drug-likeness (QED) is 0.902. The van der Waals surface area contributed by atoms with E-state index >= 15 is 0 Å². The third kappa shape index (κ3) is 2.50. The summed E-state index contributed by atoms with van der Waals surface area (Å²) in [7, 11) is 0. The van der Waals surface area contributed by atoms with Crippen LogP contribution in [0.3, 0.4) is 0 Å². The highest BCUT2D eigenvalue weighted by molar-refractivity contribution is 7.24. The molecule has 0 amide bonds. The van der Waals surface area contributed by atoms with Gasteiger partial charge < -0.3 is 5.11 Å². The monoisotopic (exact) mass is 313 g/mol. The van der Waals surface area contributed by atoms with Gasteiger partial charge in [-0.15, -0.1) is 22.7 Å². The van der Waals surface area contributed by atoms with Crippen LogP contribution in [0.4, 0.5) is 13.2 Å². The molecule has 2 aromatic heterocycles. The van der Waals surface area contributed by atoms with Gasteiger partial charge in [0.2, 0.25) is 0 Å². The minimum Gasteiger partial charge on any atom is -0.477 e. The Morgan fingerprint density at radius 1 is 1.33 bits per heavy atom. The molecule has 0 saturated carbocycles. The second kappa shape index (κ2) is 4.52. The molecule has 0 spiro atoms. The van der Waals surface area contributed by atoms with Crippen molar-refractivity contribution in [2.24, 2.45) is 0 Å². The molecule has 2 heterocycles. The fourth-order valence-electron chi connectivity index (χ4n) is 1.19. The van der Waals surface area contributed by atoms with E-state index < -0.39 is 22.7 Å². The first kappa shape index (κ1) is 13.3. The lowest BCUT2D eigenvalue weighted by Gasteiger charge is -2.02. The maximum Gasteiger partial charge on any atom is 0.435 e. The molecule has 2 rings (SSSR count). The lowest BCUT2D eigenvalue weighted by atomic mass is 10.3. The number of rotatable bonds is 2. The number of aromatic nitrogens is 1. The average Bonchev–Trinajstić information content (AvgIpc) is 2.81. The summed E-state index contributed by atoms with van der Waals surface area (Å²) in [6, 6.07) is 3.01. The predicted molar refractivity (Wildman–Crippen MR) is 62.4 cm³/mol. The molecule has 18 heavy (non-hydrogen) atoms. The number of carbonyl (C=O) groups is 1. The summed E-state index contributed by atoms with van der Waals surface area (Å²) in [4.78, 5) is 13.7. The van der Waals surface area contributed by atoms with E-state index in [4.69, 9.17) is 16.7 Å². The summed E-state index contributed by atoms with van der Waals surface area (Å²) in [6.45, 7) is 0.